The molecule has 0 amide bonds. The predicted octanol–water partition coefficient (Wildman–Crippen LogP) is 3.76. The molecule has 3 rings (SSSR count). The van der Waals surface area contributed by atoms with Crippen molar-refractivity contribution in [1.29, 1.82) is 0 Å². The van der Waals surface area contributed by atoms with Crippen molar-refractivity contribution in [3.05, 3.63) is 58.9 Å². The second kappa shape index (κ2) is 6.16. The largest absolute Gasteiger partial charge is 0.478 e. The molecule has 8 nitrogen and oxygen atoms in total. The maximum absolute atomic E-state index is 11.4. The van der Waals surface area contributed by atoms with Crippen molar-refractivity contribution in [3.8, 4) is 0 Å². The first-order chi connectivity index (χ1) is 11.9. The van der Waals surface area contributed by atoms with Gasteiger partial charge in [0.15, 0.2) is 11.5 Å². The fraction of sp³-hybridized carbons (Fsp3) is 0.118. The van der Waals surface area contributed by atoms with E-state index < -0.39 is 11.9 Å². The summed E-state index contributed by atoms with van der Waals surface area (Å²) < 4.78 is 1.54. The fourth-order valence-electron chi connectivity index (χ4n) is 2.33. The van der Waals surface area contributed by atoms with Crippen molar-refractivity contribution in [2.24, 2.45) is 10.2 Å². The molecule has 0 bridgehead atoms. The number of benzene rings is 1. The fourth-order valence-corrected chi connectivity index (χ4v) is 2.33. The Kier molecular flexibility index (Phi) is 4.02. The van der Waals surface area contributed by atoms with Gasteiger partial charge in [-0.05, 0) is 43.2 Å². The molecular weight excluding hydrogens is 324 g/mol. The van der Waals surface area contributed by atoms with Gasteiger partial charge in [0.2, 0.25) is 0 Å². The number of aromatic carboxylic acids is 2. The molecule has 0 saturated carbocycles. The predicted molar refractivity (Wildman–Crippen MR) is 89.2 cm³/mol. The van der Waals surface area contributed by atoms with Crippen molar-refractivity contribution in [2.75, 3.05) is 0 Å². The van der Waals surface area contributed by atoms with Gasteiger partial charge in [-0.2, -0.15) is 0 Å². The second-order valence-corrected chi connectivity index (χ2v) is 5.53. The minimum Gasteiger partial charge on any atom is -0.478 e. The summed E-state index contributed by atoms with van der Waals surface area (Å²) in [4.78, 5) is 26.6. The van der Waals surface area contributed by atoms with Crippen LogP contribution in [0.2, 0.25) is 0 Å². The van der Waals surface area contributed by atoms with Gasteiger partial charge in [-0.1, -0.05) is 12.1 Å². The van der Waals surface area contributed by atoms with Crippen molar-refractivity contribution < 1.29 is 19.8 Å². The van der Waals surface area contributed by atoms with Gasteiger partial charge in [0.05, 0.1) is 11.3 Å². The Morgan fingerprint density at radius 2 is 1.80 bits per heavy atom. The highest BCUT2D eigenvalue weighted by molar-refractivity contribution is 5.92. The second-order valence-electron chi connectivity index (χ2n) is 5.53. The van der Waals surface area contributed by atoms with Crippen molar-refractivity contribution in [2.45, 2.75) is 13.8 Å². The van der Waals surface area contributed by atoms with Crippen LogP contribution in [0.1, 0.15) is 32.0 Å². The third-order valence-corrected chi connectivity index (χ3v) is 3.65. The van der Waals surface area contributed by atoms with Crippen LogP contribution in [0.15, 0.2) is 46.8 Å². The molecule has 0 saturated heterocycles. The third kappa shape index (κ3) is 3.09. The number of pyridine rings is 1. The Bertz CT molecular complexity index is 1040. The minimum absolute atomic E-state index is 0.0753. The van der Waals surface area contributed by atoms with Gasteiger partial charge in [-0.25, -0.2) is 14.6 Å². The number of rotatable bonds is 4. The maximum atomic E-state index is 11.4. The number of fused-ring (bicyclic) bond motifs is 1. The summed E-state index contributed by atoms with van der Waals surface area (Å²) in [5, 5.41) is 26.5. The van der Waals surface area contributed by atoms with Gasteiger partial charge < -0.3 is 10.2 Å². The van der Waals surface area contributed by atoms with Crippen LogP contribution in [0.25, 0.3) is 5.65 Å². The van der Waals surface area contributed by atoms with Crippen LogP contribution < -0.4 is 0 Å². The smallest absolute Gasteiger partial charge is 0.358 e. The van der Waals surface area contributed by atoms with E-state index in [1.807, 2.05) is 13.0 Å². The molecule has 1 aromatic carbocycles. The summed E-state index contributed by atoms with van der Waals surface area (Å²) in [6.07, 6.45) is 1.71. The van der Waals surface area contributed by atoms with E-state index in [1.54, 1.807) is 29.7 Å². The monoisotopic (exact) mass is 338 g/mol. The molecule has 0 radical (unpaired) electrons. The van der Waals surface area contributed by atoms with Crippen LogP contribution in [0.4, 0.5) is 11.5 Å². The number of azo groups is 1. The SMILES string of the molecule is Cc1ccc2nc(C(=O)O)c(N=Nc3cc(C(=O)O)ccc3C)n2c1. The number of aromatic nitrogens is 2. The number of hydrogen-bond donors (Lipinski definition) is 2. The Balaban J connectivity index is 2.14. The summed E-state index contributed by atoms with van der Waals surface area (Å²) >= 11 is 0. The normalized spacial score (nSPS) is 11.3. The van der Waals surface area contributed by atoms with Crippen molar-refractivity contribution >= 4 is 29.1 Å². The third-order valence-electron chi connectivity index (χ3n) is 3.65. The molecule has 0 fully saturated rings. The Morgan fingerprint density at radius 1 is 1.04 bits per heavy atom. The highest BCUT2D eigenvalue weighted by Crippen LogP contribution is 2.27. The van der Waals surface area contributed by atoms with E-state index in [1.165, 1.54) is 12.1 Å². The van der Waals surface area contributed by atoms with Gasteiger partial charge in [0.1, 0.15) is 5.65 Å². The van der Waals surface area contributed by atoms with E-state index in [9.17, 15) is 14.7 Å². The Hall–Kier alpha value is -3.55. The lowest BCUT2D eigenvalue weighted by molar-refractivity contribution is 0.0683. The zero-order chi connectivity index (χ0) is 18.1. The molecule has 25 heavy (non-hydrogen) atoms. The van der Waals surface area contributed by atoms with Crippen LogP contribution in [-0.2, 0) is 0 Å². The van der Waals surface area contributed by atoms with Gasteiger partial charge >= 0.3 is 11.9 Å². The van der Waals surface area contributed by atoms with Crippen LogP contribution in [-0.4, -0.2) is 31.5 Å². The summed E-state index contributed by atoms with van der Waals surface area (Å²) in [7, 11) is 0. The molecule has 2 heterocycles. The quantitative estimate of drug-likeness (QED) is 0.702. The molecule has 3 aromatic rings. The topological polar surface area (TPSA) is 117 Å². The van der Waals surface area contributed by atoms with E-state index in [2.05, 4.69) is 15.2 Å². The lowest BCUT2D eigenvalue weighted by Gasteiger charge is -2.01. The minimum atomic E-state index is -1.22. The number of carbonyl (C=O) groups is 2. The Labute approximate surface area is 142 Å². The lowest BCUT2D eigenvalue weighted by Crippen LogP contribution is -1.97. The molecule has 126 valence electrons. The zero-order valence-electron chi connectivity index (χ0n) is 13.5. The van der Waals surface area contributed by atoms with Gasteiger partial charge in [0.25, 0.3) is 0 Å². The maximum Gasteiger partial charge on any atom is 0.358 e. The van der Waals surface area contributed by atoms with Gasteiger partial charge in [0, 0.05) is 6.20 Å². The average molecular weight is 338 g/mol. The van der Waals surface area contributed by atoms with E-state index in [0.717, 1.165) is 11.1 Å². The number of hydrogen-bond acceptors (Lipinski definition) is 5. The summed E-state index contributed by atoms with van der Waals surface area (Å²) in [6.45, 7) is 3.62. The first-order valence-corrected chi connectivity index (χ1v) is 7.34. The molecule has 8 heteroatoms. The number of nitrogens with zero attached hydrogens (tertiary/aromatic N) is 4. The highest BCUT2D eigenvalue weighted by atomic mass is 16.4. The highest BCUT2D eigenvalue weighted by Gasteiger charge is 2.18. The standard InChI is InChI=1S/C17H14N4O4/c1-9-3-6-13-18-14(17(24)25)15(21(13)8-9)20-19-12-7-11(16(22)23)5-4-10(12)2/h3-8H,1-2H3,(H,22,23)(H,24,25). The number of imidazole rings is 1. The van der Waals surface area contributed by atoms with Crippen molar-refractivity contribution in [3.63, 3.8) is 0 Å². The summed E-state index contributed by atoms with van der Waals surface area (Å²) in [5.41, 5.74) is 2.26. The summed E-state index contributed by atoms with van der Waals surface area (Å²) in [6, 6.07) is 7.98. The molecule has 0 spiro atoms. The molecule has 2 aromatic heterocycles. The molecule has 0 aliphatic heterocycles. The number of carboxylic acids is 2. The number of carboxylic acid groups (broad SMARTS) is 2. The van der Waals surface area contributed by atoms with E-state index in [0.29, 0.717) is 11.3 Å². The molecular formula is C17H14N4O4. The first-order valence-electron chi connectivity index (χ1n) is 7.34. The van der Waals surface area contributed by atoms with E-state index in [-0.39, 0.29) is 17.1 Å². The van der Waals surface area contributed by atoms with Crippen LogP contribution in [0.3, 0.4) is 0 Å². The van der Waals surface area contributed by atoms with Crippen molar-refractivity contribution in [1.82, 2.24) is 9.38 Å². The molecule has 2 N–H and O–H groups in total. The van der Waals surface area contributed by atoms with Gasteiger partial charge in [-0.3, -0.25) is 4.40 Å². The van der Waals surface area contributed by atoms with E-state index >= 15 is 0 Å². The van der Waals surface area contributed by atoms with Gasteiger partial charge in [-0.15, -0.1) is 10.2 Å². The summed E-state index contributed by atoms with van der Waals surface area (Å²) in [5.74, 6) is -2.22. The zero-order valence-corrected chi connectivity index (χ0v) is 13.5. The molecule has 0 aliphatic rings. The molecule has 0 aliphatic carbocycles. The molecule has 0 unspecified atom stereocenters. The molecule has 0 atom stereocenters. The van der Waals surface area contributed by atoms with E-state index in [4.69, 9.17) is 5.11 Å². The van der Waals surface area contributed by atoms with Crippen LogP contribution >= 0.6 is 0 Å². The van der Waals surface area contributed by atoms with Crippen LogP contribution in [0.5, 0.6) is 0 Å². The average Bonchev–Trinajstić information content (AvgIpc) is 2.92. The number of aryl methyl sites for hydroxylation is 2. The first kappa shape index (κ1) is 16.3. The Morgan fingerprint density at radius 3 is 2.48 bits per heavy atom. The lowest BCUT2D eigenvalue weighted by atomic mass is 10.1. The van der Waals surface area contributed by atoms with Crippen LogP contribution in [0, 0.1) is 13.8 Å².